The highest BCUT2D eigenvalue weighted by atomic mass is 32.1. The van der Waals surface area contributed by atoms with Gasteiger partial charge in [-0.05, 0) is 42.4 Å². The van der Waals surface area contributed by atoms with Crippen molar-refractivity contribution in [3.63, 3.8) is 0 Å². The van der Waals surface area contributed by atoms with Gasteiger partial charge in [-0.1, -0.05) is 0 Å². The molecule has 1 aromatic rings. The van der Waals surface area contributed by atoms with E-state index >= 15 is 0 Å². The second kappa shape index (κ2) is 3.05. The Morgan fingerprint density at radius 2 is 2.42 bits per heavy atom. The Labute approximate surface area is 76.3 Å². The number of aliphatic imine (C=N–C) groups is 1. The molecule has 0 saturated carbocycles. The lowest BCUT2D eigenvalue weighted by Crippen LogP contribution is -1.90. The number of hydrogen-bond donors (Lipinski definition) is 1. The van der Waals surface area contributed by atoms with E-state index in [2.05, 4.69) is 33.8 Å². The van der Waals surface area contributed by atoms with Crippen molar-refractivity contribution in [3.8, 4) is 0 Å². The Hall–Kier alpha value is -1.18. The molecule has 0 amide bonds. The molecule has 1 aromatic carbocycles. The summed E-state index contributed by atoms with van der Waals surface area (Å²) in [4.78, 5) is 3.92. The summed E-state index contributed by atoms with van der Waals surface area (Å²) in [7, 11) is 0. The summed E-state index contributed by atoms with van der Waals surface area (Å²) < 4.78 is 0. The molecule has 0 aliphatic carbocycles. The quantitative estimate of drug-likeness (QED) is 0.525. The molecule has 0 unspecified atom stereocenters. The predicted molar refractivity (Wildman–Crippen MR) is 53.3 cm³/mol. The summed E-state index contributed by atoms with van der Waals surface area (Å²) in [5.74, 6) is 0. The summed E-state index contributed by atoms with van der Waals surface area (Å²) in [6, 6.07) is 6.03. The van der Waals surface area contributed by atoms with Gasteiger partial charge in [0.15, 0.2) is 0 Å². The second-order valence-corrected chi connectivity index (χ2v) is 2.90. The lowest BCUT2D eigenvalue weighted by atomic mass is 10.1. The van der Waals surface area contributed by atoms with E-state index in [1.54, 1.807) is 0 Å². The van der Waals surface area contributed by atoms with Crippen LogP contribution in [0.5, 0.6) is 0 Å². The van der Waals surface area contributed by atoms with Crippen LogP contribution in [0.25, 0.3) is 0 Å². The molecular weight excluding hydrogens is 168 g/mol. The van der Waals surface area contributed by atoms with E-state index in [-0.39, 0.29) is 0 Å². The molecule has 0 atom stereocenters. The lowest BCUT2D eigenvalue weighted by molar-refractivity contribution is 1.11. The third-order valence-electron chi connectivity index (χ3n) is 1.97. The zero-order chi connectivity index (χ0) is 8.39. The number of hydrogen-bond acceptors (Lipinski definition) is 3. The van der Waals surface area contributed by atoms with Crippen LogP contribution in [0.3, 0.4) is 0 Å². The number of isothiocyanates is 1. The topological polar surface area (TPSA) is 24.4 Å². The molecule has 0 saturated heterocycles. The Balaban J connectivity index is 2.45. The van der Waals surface area contributed by atoms with Crippen molar-refractivity contribution in [1.82, 2.24) is 0 Å². The van der Waals surface area contributed by atoms with Gasteiger partial charge in [-0.25, -0.2) is 0 Å². The summed E-state index contributed by atoms with van der Waals surface area (Å²) in [6.07, 6.45) is 1.08. The van der Waals surface area contributed by atoms with Gasteiger partial charge in [0.2, 0.25) is 0 Å². The van der Waals surface area contributed by atoms with Crippen LogP contribution < -0.4 is 5.32 Å². The number of rotatable bonds is 1. The molecule has 1 heterocycles. The molecule has 2 rings (SSSR count). The van der Waals surface area contributed by atoms with Crippen LogP contribution >= 0.6 is 12.2 Å². The van der Waals surface area contributed by atoms with Gasteiger partial charge in [0, 0.05) is 12.2 Å². The van der Waals surface area contributed by atoms with Crippen LogP contribution in [0, 0.1) is 0 Å². The highest BCUT2D eigenvalue weighted by Crippen LogP contribution is 2.26. The zero-order valence-corrected chi connectivity index (χ0v) is 7.32. The van der Waals surface area contributed by atoms with Gasteiger partial charge < -0.3 is 5.32 Å². The maximum atomic E-state index is 4.53. The first-order chi connectivity index (χ1) is 5.90. The summed E-state index contributed by atoms with van der Waals surface area (Å²) in [5.41, 5.74) is 3.44. The Morgan fingerprint density at radius 3 is 3.25 bits per heavy atom. The van der Waals surface area contributed by atoms with Gasteiger partial charge in [0.05, 0.1) is 10.8 Å². The molecule has 0 spiro atoms. The van der Waals surface area contributed by atoms with E-state index in [1.165, 1.54) is 11.3 Å². The number of nitrogens with one attached hydrogen (secondary N) is 1. The van der Waals surface area contributed by atoms with Gasteiger partial charge in [-0.2, -0.15) is 4.99 Å². The van der Waals surface area contributed by atoms with Crippen LogP contribution in [0.2, 0.25) is 0 Å². The fourth-order valence-corrected chi connectivity index (χ4v) is 1.52. The van der Waals surface area contributed by atoms with Gasteiger partial charge in [-0.15, -0.1) is 0 Å². The molecule has 60 valence electrons. The van der Waals surface area contributed by atoms with Crippen molar-refractivity contribution in [2.24, 2.45) is 4.99 Å². The minimum atomic E-state index is 0.896. The molecule has 0 aromatic heterocycles. The Kier molecular flexibility index (Phi) is 1.90. The fourth-order valence-electron chi connectivity index (χ4n) is 1.41. The molecule has 1 aliphatic rings. The zero-order valence-electron chi connectivity index (χ0n) is 6.50. The fraction of sp³-hybridized carbons (Fsp3) is 0.222. The predicted octanol–water partition coefficient (Wildman–Crippen LogP) is 2.39. The summed E-state index contributed by atoms with van der Waals surface area (Å²) >= 11 is 4.53. The largest absolute Gasteiger partial charge is 0.384 e. The first-order valence-corrected chi connectivity index (χ1v) is 4.25. The van der Waals surface area contributed by atoms with Crippen molar-refractivity contribution < 1.29 is 0 Å². The molecular formula is C9H8N2S. The molecule has 0 radical (unpaired) electrons. The molecule has 2 nitrogen and oxygen atoms in total. The number of anilines is 1. The lowest BCUT2D eigenvalue weighted by Gasteiger charge is -1.98. The molecule has 3 heteroatoms. The van der Waals surface area contributed by atoms with Gasteiger partial charge in [-0.3, -0.25) is 0 Å². The standard InChI is InChI=1S/C9H8N2S/c12-6-11-8-1-2-9-7(5-8)3-4-10-9/h1-2,5,10H,3-4H2. The van der Waals surface area contributed by atoms with Crippen molar-refractivity contribution in [1.29, 1.82) is 0 Å². The van der Waals surface area contributed by atoms with Gasteiger partial charge >= 0.3 is 0 Å². The van der Waals surface area contributed by atoms with Crippen LogP contribution in [0.15, 0.2) is 23.2 Å². The van der Waals surface area contributed by atoms with Crippen molar-refractivity contribution >= 4 is 28.8 Å². The molecule has 1 aliphatic heterocycles. The molecule has 12 heavy (non-hydrogen) atoms. The van der Waals surface area contributed by atoms with E-state index in [0.717, 1.165) is 18.7 Å². The Bertz CT molecular complexity index is 354. The average Bonchev–Trinajstić information content (AvgIpc) is 2.51. The van der Waals surface area contributed by atoms with E-state index in [9.17, 15) is 0 Å². The molecule has 0 fully saturated rings. The van der Waals surface area contributed by atoms with Crippen molar-refractivity contribution in [2.75, 3.05) is 11.9 Å². The smallest absolute Gasteiger partial charge is 0.0743 e. The Morgan fingerprint density at radius 1 is 1.50 bits per heavy atom. The third-order valence-corrected chi connectivity index (χ3v) is 2.06. The van der Waals surface area contributed by atoms with Gasteiger partial charge in [0.25, 0.3) is 0 Å². The second-order valence-electron chi connectivity index (χ2n) is 2.72. The maximum absolute atomic E-state index is 4.53. The van der Waals surface area contributed by atoms with E-state index in [1.807, 2.05) is 12.1 Å². The first kappa shape index (κ1) is 7.47. The van der Waals surface area contributed by atoms with Crippen LogP contribution in [0.1, 0.15) is 5.56 Å². The number of nitrogens with zero attached hydrogens (tertiary/aromatic N) is 1. The summed E-state index contributed by atoms with van der Waals surface area (Å²) in [6.45, 7) is 1.03. The van der Waals surface area contributed by atoms with Crippen molar-refractivity contribution in [3.05, 3.63) is 23.8 Å². The number of thiocarbonyl (C=S) groups is 1. The highest BCUT2D eigenvalue weighted by molar-refractivity contribution is 7.78. The number of fused-ring (bicyclic) bond motifs is 1. The number of benzene rings is 1. The first-order valence-electron chi connectivity index (χ1n) is 3.85. The summed E-state index contributed by atoms with van der Waals surface area (Å²) in [5, 5.41) is 5.64. The highest BCUT2D eigenvalue weighted by Gasteiger charge is 2.08. The monoisotopic (exact) mass is 176 g/mol. The van der Waals surface area contributed by atoms with Gasteiger partial charge in [0.1, 0.15) is 0 Å². The van der Waals surface area contributed by atoms with Crippen LogP contribution in [-0.4, -0.2) is 11.7 Å². The minimum absolute atomic E-state index is 0.896. The van der Waals surface area contributed by atoms with Crippen LogP contribution in [0.4, 0.5) is 11.4 Å². The van der Waals surface area contributed by atoms with Crippen molar-refractivity contribution in [2.45, 2.75) is 6.42 Å². The normalized spacial score (nSPS) is 13.0. The minimum Gasteiger partial charge on any atom is -0.384 e. The molecule has 0 bridgehead atoms. The van der Waals surface area contributed by atoms with E-state index in [0.29, 0.717) is 0 Å². The van der Waals surface area contributed by atoms with E-state index < -0.39 is 0 Å². The van der Waals surface area contributed by atoms with Crippen LogP contribution in [-0.2, 0) is 6.42 Å². The van der Waals surface area contributed by atoms with E-state index in [4.69, 9.17) is 0 Å². The maximum Gasteiger partial charge on any atom is 0.0743 e. The SMILES string of the molecule is S=C=Nc1ccc2c(c1)CCN2. The molecule has 1 N–H and O–H groups in total. The average molecular weight is 176 g/mol. The third kappa shape index (κ3) is 1.24.